The van der Waals surface area contributed by atoms with Crippen LogP contribution >= 0.6 is 15.9 Å². The minimum atomic E-state index is -0.590. The topological polar surface area (TPSA) is 104 Å². The summed E-state index contributed by atoms with van der Waals surface area (Å²) in [7, 11) is 0. The zero-order chi connectivity index (χ0) is 18.0. The van der Waals surface area contributed by atoms with Gasteiger partial charge in [0.1, 0.15) is 6.04 Å². The SMILES string of the molecule is C[C@@H](C(=O)c1ccc(Br)cc1)n1nnc(-c2ccc(C(N)=O)cc2)n1. The molecule has 0 aliphatic rings. The van der Waals surface area contributed by atoms with Crippen LogP contribution in [-0.4, -0.2) is 31.9 Å². The van der Waals surface area contributed by atoms with E-state index in [9.17, 15) is 9.59 Å². The molecule has 8 heteroatoms. The number of rotatable bonds is 5. The second-order valence-electron chi connectivity index (χ2n) is 5.42. The first-order valence-electron chi connectivity index (χ1n) is 7.45. The first-order valence-corrected chi connectivity index (χ1v) is 8.24. The number of amides is 1. The van der Waals surface area contributed by atoms with E-state index in [0.29, 0.717) is 22.5 Å². The van der Waals surface area contributed by atoms with Crippen molar-refractivity contribution in [3.8, 4) is 11.4 Å². The van der Waals surface area contributed by atoms with Gasteiger partial charge >= 0.3 is 0 Å². The number of aromatic nitrogens is 4. The maximum absolute atomic E-state index is 12.5. The Balaban J connectivity index is 1.81. The van der Waals surface area contributed by atoms with E-state index in [2.05, 4.69) is 31.3 Å². The lowest BCUT2D eigenvalue weighted by Crippen LogP contribution is -2.19. The minimum Gasteiger partial charge on any atom is -0.366 e. The molecule has 0 saturated carbocycles. The molecule has 0 spiro atoms. The number of ketones is 1. The van der Waals surface area contributed by atoms with Crippen molar-refractivity contribution in [2.24, 2.45) is 5.73 Å². The number of carbonyl (C=O) groups is 2. The highest BCUT2D eigenvalue weighted by Gasteiger charge is 2.20. The van der Waals surface area contributed by atoms with Crippen LogP contribution in [0.1, 0.15) is 33.7 Å². The fourth-order valence-corrected chi connectivity index (χ4v) is 2.51. The third-order valence-electron chi connectivity index (χ3n) is 3.71. The Kier molecular flexibility index (Phi) is 4.71. The van der Waals surface area contributed by atoms with Crippen LogP contribution in [0.5, 0.6) is 0 Å². The van der Waals surface area contributed by atoms with E-state index in [1.807, 2.05) is 0 Å². The van der Waals surface area contributed by atoms with Gasteiger partial charge in [-0.25, -0.2) is 0 Å². The fraction of sp³-hybridized carbons (Fsp3) is 0.118. The molecule has 0 aliphatic heterocycles. The Morgan fingerprint density at radius 2 is 1.64 bits per heavy atom. The molecule has 126 valence electrons. The number of nitrogens with zero attached hydrogens (tertiary/aromatic N) is 4. The molecule has 0 bridgehead atoms. The normalized spacial score (nSPS) is 11.9. The van der Waals surface area contributed by atoms with E-state index in [1.54, 1.807) is 55.5 Å². The zero-order valence-corrected chi connectivity index (χ0v) is 14.8. The number of hydrogen-bond acceptors (Lipinski definition) is 5. The molecule has 25 heavy (non-hydrogen) atoms. The first-order chi connectivity index (χ1) is 12.0. The Morgan fingerprint density at radius 3 is 2.24 bits per heavy atom. The molecule has 0 aliphatic carbocycles. The molecule has 3 aromatic rings. The summed E-state index contributed by atoms with van der Waals surface area (Å²) in [6.07, 6.45) is 0. The van der Waals surface area contributed by atoms with Gasteiger partial charge in [-0.2, -0.15) is 4.80 Å². The van der Waals surface area contributed by atoms with E-state index < -0.39 is 11.9 Å². The van der Waals surface area contributed by atoms with Gasteiger partial charge in [0.25, 0.3) is 0 Å². The average molecular weight is 400 g/mol. The van der Waals surface area contributed by atoms with Crippen molar-refractivity contribution in [2.75, 3.05) is 0 Å². The summed E-state index contributed by atoms with van der Waals surface area (Å²) in [6.45, 7) is 1.71. The highest BCUT2D eigenvalue weighted by molar-refractivity contribution is 9.10. The number of halogens is 1. The molecule has 1 aromatic heterocycles. The van der Waals surface area contributed by atoms with Crippen molar-refractivity contribution >= 4 is 27.6 Å². The van der Waals surface area contributed by atoms with Crippen LogP contribution in [-0.2, 0) is 0 Å². The van der Waals surface area contributed by atoms with Gasteiger partial charge in [0, 0.05) is 21.2 Å². The van der Waals surface area contributed by atoms with E-state index in [-0.39, 0.29) is 5.78 Å². The van der Waals surface area contributed by atoms with Crippen molar-refractivity contribution in [3.05, 3.63) is 64.1 Å². The summed E-state index contributed by atoms with van der Waals surface area (Å²) in [5.41, 5.74) is 6.87. The molecule has 0 saturated heterocycles. The lowest BCUT2D eigenvalue weighted by atomic mass is 10.1. The van der Waals surface area contributed by atoms with Crippen molar-refractivity contribution in [1.82, 2.24) is 20.2 Å². The van der Waals surface area contributed by atoms with Gasteiger partial charge in [-0.15, -0.1) is 10.2 Å². The van der Waals surface area contributed by atoms with Gasteiger partial charge in [-0.1, -0.05) is 40.2 Å². The Hall–Kier alpha value is -2.87. The number of carbonyl (C=O) groups excluding carboxylic acids is 2. The van der Waals surface area contributed by atoms with Crippen molar-refractivity contribution < 1.29 is 9.59 Å². The standard InChI is InChI=1S/C17H14BrN5O2/c1-10(15(24)11-6-8-14(18)9-7-11)23-21-17(20-22-23)13-4-2-12(3-5-13)16(19)25/h2-10H,1H3,(H2,19,25)/t10-/m0/s1. The number of Topliss-reactive ketones (excluding diaryl/α,β-unsaturated/α-hetero) is 1. The number of hydrogen-bond donors (Lipinski definition) is 1. The van der Waals surface area contributed by atoms with Crippen LogP contribution in [0, 0.1) is 0 Å². The molecule has 2 aromatic carbocycles. The Labute approximate surface area is 152 Å². The molecule has 1 atom stereocenters. The first kappa shape index (κ1) is 17.0. The van der Waals surface area contributed by atoms with Gasteiger partial charge in [-0.3, -0.25) is 9.59 Å². The number of tetrazole rings is 1. The smallest absolute Gasteiger partial charge is 0.248 e. The van der Waals surface area contributed by atoms with E-state index >= 15 is 0 Å². The van der Waals surface area contributed by atoms with Gasteiger partial charge in [0.15, 0.2) is 5.78 Å². The fourth-order valence-electron chi connectivity index (χ4n) is 2.25. The Bertz CT molecular complexity index is 919. The van der Waals surface area contributed by atoms with Gasteiger partial charge in [0.05, 0.1) is 0 Å². The van der Waals surface area contributed by atoms with Crippen LogP contribution in [0.15, 0.2) is 53.0 Å². The maximum Gasteiger partial charge on any atom is 0.248 e. The molecule has 0 unspecified atom stereocenters. The van der Waals surface area contributed by atoms with E-state index in [4.69, 9.17) is 5.73 Å². The lowest BCUT2D eigenvalue weighted by molar-refractivity contribution is 0.0917. The molecule has 1 amide bonds. The Morgan fingerprint density at radius 1 is 1.04 bits per heavy atom. The summed E-state index contributed by atoms with van der Waals surface area (Å²) in [5, 5.41) is 12.2. The largest absolute Gasteiger partial charge is 0.366 e. The van der Waals surface area contributed by atoms with Crippen LogP contribution < -0.4 is 5.73 Å². The predicted octanol–water partition coefficient (Wildman–Crippen LogP) is 2.65. The highest BCUT2D eigenvalue weighted by atomic mass is 79.9. The second-order valence-corrected chi connectivity index (χ2v) is 6.34. The number of primary amides is 1. The third kappa shape index (κ3) is 3.63. The summed E-state index contributed by atoms with van der Waals surface area (Å²) < 4.78 is 0.900. The van der Waals surface area contributed by atoms with Crippen LogP contribution in [0.2, 0.25) is 0 Å². The van der Waals surface area contributed by atoms with E-state index in [0.717, 1.165) is 4.47 Å². The monoisotopic (exact) mass is 399 g/mol. The summed E-state index contributed by atoms with van der Waals surface area (Å²) in [5.74, 6) is -0.246. The minimum absolute atomic E-state index is 0.111. The molecule has 2 N–H and O–H groups in total. The molecule has 1 heterocycles. The highest BCUT2D eigenvalue weighted by Crippen LogP contribution is 2.18. The second kappa shape index (κ2) is 6.94. The number of benzene rings is 2. The molecular formula is C17H14BrN5O2. The molecule has 0 radical (unpaired) electrons. The molecular weight excluding hydrogens is 386 g/mol. The van der Waals surface area contributed by atoms with Crippen molar-refractivity contribution in [2.45, 2.75) is 13.0 Å². The van der Waals surface area contributed by atoms with Crippen LogP contribution in [0.25, 0.3) is 11.4 Å². The van der Waals surface area contributed by atoms with Gasteiger partial charge < -0.3 is 5.73 Å². The van der Waals surface area contributed by atoms with Crippen LogP contribution in [0.4, 0.5) is 0 Å². The van der Waals surface area contributed by atoms with Gasteiger partial charge in [-0.05, 0) is 36.4 Å². The van der Waals surface area contributed by atoms with Crippen molar-refractivity contribution in [1.29, 1.82) is 0 Å². The summed E-state index contributed by atoms with van der Waals surface area (Å²) >= 11 is 3.34. The summed E-state index contributed by atoms with van der Waals surface area (Å²) in [6, 6.07) is 13.1. The molecule has 0 fully saturated rings. The maximum atomic E-state index is 12.5. The quantitative estimate of drug-likeness (QED) is 0.664. The lowest BCUT2D eigenvalue weighted by Gasteiger charge is -2.08. The zero-order valence-electron chi connectivity index (χ0n) is 13.3. The van der Waals surface area contributed by atoms with Crippen molar-refractivity contribution in [3.63, 3.8) is 0 Å². The van der Waals surface area contributed by atoms with Crippen LogP contribution in [0.3, 0.4) is 0 Å². The third-order valence-corrected chi connectivity index (χ3v) is 4.24. The number of nitrogens with two attached hydrogens (primary N) is 1. The predicted molar refractivity (Wildman–Crippen MR) is 95.0 cm³/mol. The summed E-state index contributed by atoms with van der Waals surface area (Å²) in [4.78, 5) is 24.9. The molecule has 7 nitrogen and oxygen atoms in total. The molecule has 3 rings (SSSR count). The van der Waals surface area contributed by atoms with E-state index in [1.165, 1.54) is 4.80 Å². The average Bonchev–Trinajstić information content (AvgIpc) is 3.11. The van der Waals surface area contributed by atoms with Gasteiger partial charge in [0.2, 0.25) is 11.7 Å².